The van der Waals surface area contributed by atoms with Crippen molar-refractivity contribution in [3.8, 4) is 0 Å². The summed E-state index contributed by atoms with van der Waals surface area (Å²) in [4.78, 5) is 13.3. The normalized spacial score (nSPS) is 17.1. The third kappa shape index (κ3) is 4.72. The second-order valence-electron chi connectivity index (χ2n) is 5.19. The van der Waals surface area contributed by atoms with Gasteiger partial charge in [-0.05, 0) is 38.8 Å². The van der Waals surface area contributed by atoms with Crippen molar-refractivity contribution in [3.05, 3.63) is 5.01 Å². The van der Waals surface area contributed by atoms with Crippen LogP contribution in [0.5, 0.6) is 0 Å². The Balaban J connectivity index is 1.72. The number of piperidine rings is 1. The van der Waals surface area contributed by atoms with E-state index in [1.165, 1.54) is 0 Å². The van der Waals surface area contributed by atoms with Crippen molar-refractivity contribution in [2.45, 2.75) is 33.2 Å². The molecular formula is C13H23N5OS. The Bertz CT molecular complexity index is 428. The zero-order chi connectivity index (χ0) is 14.4. The zero-order valence-corrected chi connectivity index (χ0v) is 13.0. The second kappa shape index (κ2) is 7.54. The molecule has 2 heterocycles. The van der Waals surface area contributed by atoms with Gasteiger partial charge >= 0.3 is 0 Å². The molecule has 1 amide bonds. The minimum atomic E-state index is 0.0669. The van der Waals surface area contributed by atoms with Gasteiger partial charge in [-0.25, -0.2) is 0 Å². The van der Waals surface area contributed by atoms with E-state index >= 15 is 0 Å². The topological polar surface area (TPSA) is 70.2 Å². The highest BCUT2D eigenvalue weighted by molar-refractivity contribution is 7.15. The van der Waals surface area contributed by atoms with Crippen LogP contribution in [0.3, 0.4) is 0 Å². The van der Waals surface area contributed by atoms with Crippen LogP contribution in [0.2, 0.25) is 0 Å². The minimum Gasteiger partial charge on any atom is -0.360 e. The predicted octanol–water partition coefficient (Wildman–Crippen LogP) is 1.32. The number of nitrogens with zero attached hydrogens (tertiary/aromatic N) is 3. The number of anilines is 1. The van der Waals surface area contributed by atoms with E-state index < -0.39 is 0 Å². The number of nitrogens with one attached hydrogen (secondary N) is 2. The highest BCUT2D eigenvalue weighted by Gasteiger charge is 2.20. The van der Waals surface area contributed by atoms with E-state index in [4.69, 9.17) is 0 Å². The third-order valence-electron chi connectivity index (χ3n) is 3.50. The average Bonchev–Trinajstić information content (AvgIpc) is 2.86. The summed E-state index contributed by atoms with van der Waals surface area (Å²) in [5.74, 6) is 0.680. The van der Waals surface area contributed by atoms with Gasteiger partial charge in [0, 0.05) is 20.0 Å². The molecule has 2 rings (SSSR count). The van der Waals surface area contributed by atoms with Gasteiger partial charge in [-0.1, -0.05) is 11.3 Å². The average molecular weight is 297 g/mol. The standard InChI is InChI=1S/C13H23N5OS/c1-3-14-13-17-16-12(20-13)9-18-6-4-11(5-7-18)8-15-10(2)19/h11H,3-9H2,1-2H3,(H,14,17)(H,15,19). The van der Waals surface area contributed by atoms with Crippen molar-refractivity contribution < 1.29 is 4.79 Å². The van der Waals surface area contributed by atoms with Crippen molar-refractivity contribution in [2.24, 2.45) is 5.92 Å². The second-order valence-corrected chi connectivity index (χ2v) is 6.25. The van der Waals surface area contributed by atoms with E-state index in [1.54, 1.807) is 18.3 Å². The molecule has 0 spiro atoms. The lowest BCUT2D eigenvalue weighted by Crippen LogP contribution is -2.37. The van der Waals surface area contributed by atoms with Gasteiger partial charge in [0.25, 0.3) is 0 Å². The Morgan fingerprint density at radius 1 is 1.40 bits per heavy atom. The molecular weight excluding hydrogens is 274 g/mol. The summed E-state index contributed by atoms with van der Waals surface area (Å²) in [6, 6.07) is 0. The van der Waals surface area contributed by atoms with Gasteiger partial charge in [-0.15, -0.1) is 10.2 Å². The highest BCUT2D eigenvalue weighted by Crippen LogP contribution is 2.21. The molecule has 0 saturated carbocycles. The molecule has 2 N–H and O–H groups in total. The predicted molar refractivity (Wildman–Crippen MR) is 80.8 cm³/mol. The van der Waals surface area contributed by atoms with E-state index in [-0.39, 0.29) is 5.91 Å². The first-order valence-corrected chi connectivity index (χ1v) is 8.02. The van der Waals surface area contributed by atoms with Crippen LogP contribution in [-0.2, 0) is 11.3 Å². The first kappa shape index (κ1) is 15.2. The number of hydrogen-bond donors (Lipinski definition) is 2. The Morgan fingerprint density at radius 2 is 2.15 bits per heavy atom. The molecule has 1 aliphatic rings. The van der Waals surface area contributed by atoms with E-state index in [0.29, 0.717) is 5.92 Å². The summed E-state index contributed by atoms with van der Waals surface area (Å²) in [6.07, 6.45) is 2.28. The van der Waals surface area contributed by atoms with Gasteiger partial charge in [0.2, 0.25) is 11.0 Å². The summed E-state index contributed by atoms with van der Waals surface area (Å²) >= 11 is 1.63. The van der Waals surface area contributed by atoms with Crippen LogP contribution >= 0.6 is 11.3 Å². The molecule has 0 radical (unpaired) electrons. The fourth-order valence-corrected chi connectivity index (χ4v) is 3.22. The Morgan fingerprint density at radius 3 is 2.80 bits per heavy atom. The molecule has 1 aliphatic heterocycles. The summed E-state index contributed by atoms with van der Waals surface area (Å²) < 4.78 is 0. The molecule has 0 bridgehead atoms. The van der Waals surface area contributed by atoms with Gasteiger partial charge < -0.3 is 10.6 Å². The van der Waals surface area contributed by atoms with E-state index in [2.05, 4.69) is 32.7 Å². The van der Waals surface area contributed by atoms with Gasteiger partial charge in [0.1, 0.15) is 5.01 Å². The Labute approximate surface area is 124 Å². The molecule has 112 valence electrons. The molecule has 1 fully saturated rings. The number of rotatable bonds is 6. The monoisotopic (exact) mass is 297 g/mol. The van der Waals surface area contributed by atoms with Gasteiger partial charge in [0.05, 0.1) is 6.54 Å². The van der Waals surface area contributed by atoms with Crippen molar-refractivity contribution in [3.63, 3.8) is 0 Å². The number of amides is 1. The number of likely N-dealkylation sites (tertiary alicyclic amines) is 1. The van der Waals surface area contributed by atoms with Gasteiger partial charge in [-0.2, -0.15) is 0 Å². The van der Waals surface area contributed by atoms with E-state index in [1.807, 2.05) is 0 Å². The molecule has 0 aliphatic carbocycles. The molecule has 20 heavy (non-hydrogen) atoms. The summed E-state index contributed by atoms with van der Waals surface area (Å²) in [5, 5.41) is 16.4. The van der Waals surface area contributed by atoms with Crippen LogP contribution in [-0.4, -0.2) is 47.2 Å². The maximum atomic E-state index is 10.9. The van der Waals surface area contributed by atoms with Crippen LogP contribution in [0, 0.1) is 5.92 Å². The molecule has 0 unspecified atom stereocenters. The van der Waals surface area contributed by atoms with E-state index in [0.717, 1.165) is 55.7 Å². The number of carbonyl (C=O) groups is 1. The van der Waals surface area contributed by atoms with Crippen molar-refractivity contribution in [1.29, 1.82) is 0 Å². The third-order valence-corrected chi connectivity index (χ3v) is 4.37. The van der Waals surface area contributed by atoms with Crippen molar-refractivity contribution >= 4 is 22.4 Å². The molecule has 0 atom stereocenters. The summed E-state index contributed by atoms with van der Waals surface area (Å²) in [7, 11) is 0. The van der Waals surface area contributed by atoms with Crippen molar-refractivity contribution in [2.75, 3.05) is 31.5 Å². The molecule has 6 nitrogen and oxygen atoms in total. The number of aromatic nitrogens is 2. The molecule has 1 saturated heterocycles. The van der Waals surface area contributed by atoms with Crippen LogP contribution in [0.25, 0.3) is 0 Å². The molecule has 0 aromatic carbocycles. The summed E-state index contributed by atoms with van der Waals surface area (Å²) in [6.45, 7) is 8.35. The largest absolute Gasteiger partial charge is 0.360 e. The van der Waals surface area contributed by atoms with Crippen molar-refractivity contribution in [1.82, 2.24) is 20.4 Å². The Kier molecular flexibility index (Phi) is 5.72. The fourth-order valence-electron chi connectivity index (χ4n) is 2.37. The van der Waals surface area contributed by atoms with Crippen LogP contribution < -0.4 is 10.6 Å². The lowest BCUT2D eigenvalue weighted by Gasteiger charge is -2.31. The number of carbonyl (C=O) groups excluding carboxylic acids is 1. The molecule has 1 aromatic rings. The quantitative estimate of drug-likeness (QED) is 0.828. The maximum absolute atomic E-state index is 10.9. The SMILES string of the molecule is CCNc1nnc(CN2CCC(CNC(C)=O)CC2)s1. The van der Waals surface area contributed by atoms with E-state index in [9.17, 15) is 4.79 Å². The lowest BCUT2D eigenvalue weighted by molar-refractivity contribution is -0.119. The van der Waals surface area contributed by atoms with Crippen LogP contribution in [0.15, 0.2) is 0 Å². The fraction of sp³-hybridized carbons (Fsp3) is 0.769. The van der Waals surface area contributed by atoms with Gasteiger partial charge in [-0.3, -0.25) is 9.69 Å². The molecule has 7 heteroatoms. The highest BCUT2D eigenvalue weighted by atomic mass is 32.1. The van der Waals surface area contributed by atoms with Gasteiger partial charge in [0.15, 0.2) is 0 Å². The maximum Gasteiger partial charge on any atom is 0.216 e. The van der Waals surface area contributed by atoms with Crippen LogP contribution in [0.4, 0.5) is 5.13 Å². The zero-order valence-electron chi connectivity index (χ0n) is 12.2. The minimum absolute atomic E-state index is 0.0669. The Hall–Kier alpha value is -1.21. The van der Waals surface area contributed by atoms with Crippen LogP contribution in [0.1, 0.15) is 31.7 Å². The molecule has 1 aromatic heterocycles. The first-order chi connectivity index (χ1) is 9.67. The lowest BCUT2D eigenvalue weighted by atomic mass is 9.97. The smallest absolute Gasteiger partial charge is 0.216 e. The first-order valence-electron chi connectivity index (χ1n) is 7.20. The summed E-state index contributed by atoms with van der Waals surface area (Å²) in [5.41, 5.74) is 0. The number of hydrogen-bond acceptors (Lipinski definition) is 6.